The number of rotatable bonds is 5. The zero-order valence-corrected chi connectivity index (χ0v) is 13.9. The van der Waals surface area contributed by atoms with Gasteiger partial charge >= 0.3 is 0 Å². The van der Waals surface area contributed by atoms with Gasteiger partial charge in [-0.15, -0.1) is 5.06 Å². The number of fused-ring (bicyclic) bond motifs is 1. The minimum absolute atomic E-state index is 0.0374. The van der Waals surface area contributed by atoms with E-state index in [4.69, 9.17) is 22.2 Å². The number of amides is 2. The Morgan fingerprint density at radius 1 is 1.12 bits per heavy atom. The highest BCUT2D eigenvalue weighted by atomic mass is 35.5. The summed E-state index contributed by atoms with van der Waals surface area (Å²) in [4.78, 5) is 29.7. The molecule has 0 fully saturated rings. The van der Waals surface area contributed by atoms with E-state index in [-0.39, 0.29) is 6.61 Å². The van der Waals surface area contributed by atoms with Crippen molar-refractivity contribution in [1.29, 1.82) is 0 Å². The second kappa shape index (κ2) is 6.73. The van der Waals surface area contributed by atoms with E-state index >= 15 is 0 Å². The summed E-state index contributed by atoms with van der Waals surface area (Å²) in [5, 5.41) is 1.42. The lowest BCUT2D eigenvalue weighted by Crippen LogP contribution is -2.37. The van der Waals surface area contributed by atoms with Crippen molar-refractivity contribution < 1.29 is 14.4 Å². The molecule has 2 N–H and O–H groups in total. The summed E-state index contributed by atoms with van der Waals surface area (Å²) in [5.74, 6) is -0.924. The molecule has 0 unspecified atom stereocenters. The molecule has 0 aliphatic carbocycles. The van der Waals surface area contributed by atoms with Crippen LogP contribution in [0.25, 0.3) is 0 Å². The summed E-state index contributed by atoms with van der Waals surface area (Å²) in [5.41, 5.74) is 8.72. The third-order valence-electron chi connectivity index (χ3n) is 3.87. The lowest BCUT2D eigenvalue weighted by atomic mass is 10.1. The van der Waals surface area contributed by atoms with Crippen LogP contribution in [0, 0.1) is 6.92 Å². The van der Waals surface area contributed by atoms with Gasteiger partial charge in [-0.25, -0.2) is 0 Å². The monoisotopic (exact) mass is 344 g/mol. The van der Waals surface area contributed by atoms with Crippen molar-refractivity contribution in [3.8, 4) is 0 Å². The maximum atomic E-state index is 12.2. The molecule has 2 aromatic rings. The van der Waals surface area contributed by atoms with Gasteiger partial charge in [-0.05, 0) is 42.7 Å². The molecular weight excluding hydrogens is 328 g/mol. The minimum Gasteiger partial charge on any atom is -0.325 e. The van der Waals surface area contributed by atoms with Crippen molar-refractivity contribution in [2.75, 3.05) is 6.61 Å². The fourth-order valence-corrected chi connectivity index (χ4v) is 2.93. The van der Waals surface area contributed by atoms with E-state index in [9.17, 15) is 9.59 Å². The number of carbonyl (C=O) groups is 2. The van der Waals surface area contributed by atoms with Gasteiger partial charge in [0.15, 0.2) is 0 Å². The van der Waals surface area contributed by atoms with Crippen LogP contribution in [0.1, 0.15) is 31.8 Å². The average molecular weight is 345 g/mol. The van der Waals surface area contributed by atoms with Crippen molar-refractivity contribution in [3.05, 3.63) is 69.7 Å². The molecule has 24 heavy (non-hydrogen) atoms. The molecule has 0 radical (unpaired) electrons. The number of halogens is 1. The largest absolute Gasteiger partial charge is 0.325 e. The average Bonchev–Trinajstić information content (AvgIpc) is 2.80. The fraction of sp³-hybridized carbons (Fsp3) is 0.222. The van der Waals surface area contributed by atoms with Crippen LogP contribution >= 0.6 is 11.6 Å². The van der Waals surface area contributed by atoms with Crippen molar-refractivity contribution in [1.82, 2.24) is 5.06 Å². The van der Waals surface area contributed by atoms with Gasteiger partial charge in [-0.1, -0.05) is 35.9 Å². The number of hydroxylamine groups is 2. The Hall–Kier alpha value is -2.21. The highest BCUT2D eigenvalue weighted by Crippen LogP contribution is 2.23. The van der Waals surface area contributed by atoms with Crippen LogP contribution in [0.3, 0.4) is 0 Å². The Balaban J connectivity index is 1.62. The molecule has 6 heteroatoms. The molecule has 1 atom stereocenters. The van der Waals surface area contributed by atoms with Gasteiger partial charge < -0.3 is 5.73 Å². The summed E-state index contributed by atoms with van der Waals surface area (Å²) in [6, 6.07) is 12.0. The molecule has 1 aliphatic rings. The number of nitrogens with zero attached hydrogens (tertiary/aromatic N) is 1. The summed E-state index contributed by atoms with van der Waals surface area (Å²) in [6.07, 6.45) is 0.488. The van der Waals surface area contributed by atoms with E-state index in [0.717, 1.165) is 16.2 Å². The van der Waals surface area contributed by atoms with E-state index in [1.165, 1.54) is 0 Å². The summed E-state index contributed by atoms with van der Waals surface area (Å²) < 4.78 is 0. The van der Waals surface area contributed by atoms with Crippen LogP contribution in [-0.2, 0) is 11.3 Å². The van der Waals surface area contributed by atoms with Gasteiger partial charge in [-0.3, -0.25) is 14.4 Å². The second-order valence-corrected chi connectivity index (χ2v) is 6.21. The molecule has 1 aliphatic heterocycles. The maximum Gasteiger partial charge on any atom is 0.285 e. The Labute approximate surface area is 144 Å². The lowest BCUT2D eigenvalue weighted by Gasteiger charge is -2.17. The van der Waals surface area contributed by atoms with Crippen molar-refractivity contribution in [2.45, 2.75) is 19.4 Å². The first-order valence-corrected chi connectivity index (χ1v) is 7.96. The summed E-state index contributed by atoms with van der Waals surface area (Å²) in [7, 11) is 0. The van der Waals surface area contributed by atoms with Gasteiger partial charge in [0.1, 0.15) is 0 Å². The van der Waals surface area contributed by atoms with Crippen LogP contribution in [0.4, 0.5) is 0 Å². The first-order chi connectivity index (χ1) is 11.5. The molecule has 2 amide bonds. The standard InChI is InChI=1S/C18H17ClN2O3/c1-11-6-7-12(16(19)8-11)9-13(20)10-24-21-17(22)14-4-2-3-5-15(14)18(21)23/h2-8,13H,9-10,20H2,1H3/t13-/m0/s1. The number of aryl methyl sites for hydroxylation is 1. The van der Waals surface area contributed by atoms with Crippen molar-refractivity contribution >= 4 is 23.4 Å². The van der Waals surface area contributed by atoms with E-state index in [1.54, 1.807) is 24.3 Å². The van der Waals surface area contributed by atoms with E-state index in [1.807, 2.05) is 25.1 Å². The highest BCUT2D eigenvalue weighted by Gasteiger charge is 2.36. The number of imide groups is 1. The maximum absolute atomic E-state index is 12.2. The molecule has 3 rings (SSSR count). The van der Waals surface area contributed by atoms with Gasteiger partial charge in [0.05, 0.1) is 17.7 Å². The molecule has 1 heterocycles. The molecular formula is C18H17ClN2O3. The number of carbonyl (C=O) groups excluding carboxylic acids is 2. The quantitative estimate of drug-likeness (QED) is 0.846. The molecule has 0 saturated heterocycles. The van der Waals surface area contributed by atoms with Gasteiger partial charge in [-0.2, -0.15) is 0 Å². The predicted molar refractivity (Wildman–Crippen MR) is 90.8 cm³/mol. The Morgan fingerprint density at radius 2 is 1.75 bits per heavy atom. The van der Waals surface area contributed by atoms with Gasteiger partial charge in [0, 0.05) is 11.1 Å². The second-order valence-electron chi connectivity index (χ2n) is 5.81. The third-order valence-corrected chi connectivity index (χ3v) is 4.22. The predicted octanol–water partition coefficient (Wildman–Crippen LogP) is 2.75. The van der Waals surface area contributed by atoms with Crippen LogP contribution in [0.2, 0.25) is 5.02 Å². The highest BCUT2D eigenvalue weighted by molar-refractivity contribution is 6.31. The molecule has 0 saturated carbocycles. The van der Waals surface area contributed by atoms with Gasteiger partial charge in [0.25, 0.3) is 11.8 Å². The summed E-state index contributed by atoms with van der Waals surface area (Å²) in [6.45, 7) is 2.00. The van der Waals surface area contributed by atoms with E-state index < -0.39 is 17.9 Å². The van der Waals surface area contributed by atoms with Crippen molar-refractivity contribution in [3.63, 3.8) is 0 Å². The molecule has 5 nitrogen and oxygen atoms in total. The Morgan fingerprint density at radius 3 is 2.33 bits per heavy atom. The van der Waals surface area contributed by atoms with Crippen LogP contribution in [0.15, 0.2) is 42.5 Å². The molecule has 124 valence electrons. The minimum atomic E-state index is -0.462. The smallest absolute Gasteiger partial charge is 0.285 e. The molecule has 0 spiro atoms. The number of hydrogen-bond donors (Lipinski definition) is 1. The zero-order chi connectivity index (χ0) is 17.3. The van der Waals surface area contributed by atoms with Gasteiger partial charge in [0.2, 0.25) is 0 Å². The summed E-state index contributed by atoms with van der Waals surface area (Å²) >= 11 is 6.19. The van der Waals surface area contributed by atoms with Crippen LogP contribution in [-0.4, -0.2) is 29.5 Å². The number of benzene rings is 2. The third kappa shape index (κ3) is 3.19. The molecule has 2 aromatic carbocycles. The van der Waals surface area contributed by atoms with Crippen molar-refractivity contribution in [2.24, 2.45) is 5.73 Å². The topological polar surface area (TPSA) is 72.6 Å². The molecule has 0 bridgehead atoms. The SMILES string of the molecule is Cc1ccc(C[C@H](N)CON2C(=O)c3ccccc3C2=O)c(Cl)c1. The van der Waals surface area contributed by atoms with Crippen LogP contribution in [0.5, 0.6) is 0 Å². The first kappa shape index (κ1) is 16.6. The van der Waals surface area contributed by atoms with Crippen LogP contribution < -0.4 is 5.73 Å². The van der Waals surface area contributed by atoms with E-state index in [0.29, 0.717) is 22.6 Å². The molecule has 0 aromatic heterocycles. The lowest BCUT2D eigenvalue weighted by molar-refractivity contribution is -0.0951. The normalized spacial score (nSPS) is 14.9. The first-order valence-electron chi connectivity index (χ1n) is 7.58. The van der Waals surface area contributed by atoms with E-state index in [2.05, 4.69) is 0 Å². The Bertz CT molecular complexity index is 772. The zero-order valence-electron chi connectivity index (χ0n) is 13.2. The number of nitrogens with two attached hydrogens (primary N) is 1. The number of hydrogen-bond acceptors (Lipinski definition) is 4. The Kier molecular flexibility index (Phi) is 4.66. The fourth-order valence-electron chi connectivity index (χ4n) is 2.61.